The molecular formula is C73H131NO18. The van der Waals surface area contributed by atoms with Gasteiger partial charge < -0.3 is 89.9 Å². The van der Waals surface area contributed by atoms with E-state index in [-0.39, 0.29) is 18.9 Å². The highest BCUT2D eigenvalue weighted by molar-refractivity contribution is 5.76. The third-order valence-electron chi connectivity index (χ3n) is 18.0. The molecule has 17 atom stereocenters. The molecule has 0 saturated carbocycles. The van der Waals surface area contributed by atoms with E-state index >= 15 is 0 Å². The van der Waals surface area contributed by atoms with E-state index < -0.39 is 124 Å². The van der Waals surface area contributed by atoms with Crippen molar-refractivity contribution in [1.29, 1.82) is 0 Å². The van der Waals surface area contributed by atoms with Gasteiger partial charge in [-0.3, -0.25) is 4.79 Å². The Kier molecular flexibility index (Phi) is 49.6. The van der Waals surface area contributed by atoms with Gasteiger partial charge >= 0.3 is 0 Å². The molecule has 0 aromatic carbocycles. The Labute approximate surface area is 554 Å². The molecule has 0 aromatic rings. The first-order chi connectivity index (χ1) is 44.8. The van der Waals surface area contributed by atoms with Crippen LogP contribution in [0.5, 0.6) is 0 Å². The largest absolute Gasteiger partial charge is 0.394 e. The Bertz CT molecular complexity index is 1900. The summed E-state index contributed by atoms with van der Waals surface area (Å²) < 4.78 is 34.3. The van der Waals surface area contributed by atoms with Gasteiger partial charge in [0.25, 0.3) is 0 Å². The van der Waals surface area contributed by atoms with Gasteiger partial charge in [0, 0.05) is 6.42 Å². The third kappa shape index (κ3) is 35.7. The monoisotopic (exact) mass is 1310 g/mol. The molecule has 0 aromatic heterocycles. The lowest BCUT2D eigenvalue weighted by atomic mass is 9.96. The topological polar surface area (TPSA) is 307 Å². The van der Waals surface area contributed by atoms with Crippen LogP contribution in [0.25, 0.3) is 0 Å². The average Bonchev–Trinajstić information content (AvgIpc) is 0.830. The predicted octanol–water partition coefficient (Wildman–Crippen LogP) is 10.3. The number of amides is 1. The van der Waals surface area contributed by atoms with Crippen LogP contribution in [0.1, 0.15) is 264 Å². The van der Waals surface area contributed by atoms with E-state index in [0.29, 0.717) is 12.8 Å². The van der Waals surface area contributed by atoms with Crippen LogP contribution in [0.4, 0.5) is 0 Å². The summed E-state index contributed by atoms with van der Waals surface area (Å²) in [5.41, 5.74) is 0. The lowest BCUT2D eigenvalue weighted by molar-refractivity contribution is -0.379. The zero-order valence-electron chi connectivity index (χ0n) is 56.8. The molecule has 3 aliphatic rings. The van der Waals surface area contributed by atoms with Crippen molar-refractivity contribution in [2.24, 2.45) is 0 Å². The van der Waals surface area contributed by atoms with Crippen molar-refractivity contribution in [1.82, 2.24) is 5.32 Å². The lowest BCUT2D eigenvalue weighted by Gasteiger charge is -2.48. The van der Waals surface area contributed by atoms with Gasteiger partial charge in [0.05, 0.1) is 38.6 Å². The third-order valence-corrected chi connectivity index (χ3v) is 18.0. The van der Waals surface area contributed by atoms with E-state index in [4.69, 9.17) is 28.4 Å². The van der Waals surface area contributed by atoms with Crippen molar-refractivity contribution < 1.29 is 89.4 Å². The predicted molar refractivity (Wildman–Crippen MR) is 360 cm³/mol. The second-order valence-corrected chi connectivity index (χ2v) is 26.0. The molecule has 92 heavy (non-hydrogen) atoms. The van der Waals surface area contributed by atoms with E-state index in [1.165, 1.54) is 180 Å². The standard InChI is InChI=1S/C73H131NO18/c1-3-5-7-9-11-13-15-17-18-19-20-21-22-23-24-25-26-27-28-29-30-31-32-33-34-35-36-37-38-39-41-43-45-47-49-51-61(79)74-56(57(78)50-48-46-44-42-40-16-14-12-10-8-6-4-2)55-87-71-67(85)64(82)69(59(53-76)89-71)92-73-68(86)65(83)70(60(54-77)90-73)91-72-66(84)63(81)62(80)58(52-75)88-72/h15,17,19-20,22-23,40,42,48,50,56-60,62-73,75-78,80-86H,3-14,16,18,21,24-39,41,43-47,49,51-55H2,1-2H3,(H,74,79)/b17-15-,20-19-,23-22-,42-40+,50-48+. The molecule has 3 rings (SSSR count). The zero-order chi connectivity index (χ0) is 66.8. The fourth-order valence-electron chi connectivity index (χ4n) is 12.1. The highest BCUT2D eigenvalue weighted by atomic mass is 16.8. The number of unbranched alkanes of at least 4 members (excludes halogenated alkanes) is 32. The second kappa shape index (κ2) is 54.5. The molecular weight excluding hydrogens is 1180 g/mol. The number of allylic oxidation sites excluding steroid dienone is 9. The molecule has 0 aliphatic carbocycles. The molecule has 3 heterocycles. The molecule has 17 unspecified atom stereocenters. The van der Waals surface area contributed by atoms with Crippen LogP contribution in [0.2, 0.25) is 0 Å². The molecule has 1 amide bonds. The van der Waals surface area contributed by atoms with Crippen LogP contribution in [-0.4, -0.2) is 193 Å². The minimum Gasteiger partial charge on any atom is -0.394 e. The van der Waals surface area contributed by atoms with E-state index in [9.17, 15) is 61.0 Å². The van der Waals surface area contributed by atoms with E-state index in [0.717, 1.165) is 51.4 Å². The summed E-state index contributed by atoms with van der Waals surface area (Å²) in [7, 11) is 0. The molecule has 12 N–H and O–H groups in total. The average molecular weight is 1310 g/mol. The van der Waals surface area contributed by atoms with Crippen LogP contribution in [-0.2, 0) is 33.2 Å². The van der Waals surface area contributed by atoms with Crippen molar-refractivity contribution >= 4 is 5.91 Å². The van der Waals surface area contributed by atoms with Crippen molar-refractivity contribution in [3.05, 3.63) is 60.8 Å². The summed E-state index contributed by atoms with van der Waals surface area (Å²) in [4.78, 5) is 13.4. The minimum absolute atomic E-state index is 0.236. The molecule has 0 spiro atoms. The second-order valence-electron chi connectivity index (χ2n) is 26.0. The van der Waals surface area contributed by atoms with Gasteiger partial charge in [-0.1, -0.05) is 248 Å². The fraction of sp³-hybridized carbons (Fsp3) is 0.849. The zero-order valence-corrected chi connectivity index (χ0v) is 56.8. The highest BCUT2D eigenvalue weighted by Crippen LogP contribution is 2.33. The molecule has 19 heteroatoms. The van der Waals surface area contributed by atoms with Gasteiger partial charge in [-0.05, 0) is 70.6 Å². The maximum Gasteiger partial charge on any atom is 0.220 e. The molecule has 536 valence electrons. The van der Waals surface area contributed by atoms with Gasteiger partial charge in [-0.2, -0.15) is 0 Å². The summed E-state index contributed by atoms with van der Waals surface area (Å²) >= 11 is 0. The Morgan fingerprint density at radius 1 is 0.391 bits per heavy atom. The number of ether oxygens (including phenoxy) is 6. The molecule has 3 saturated heterocycles. The first kappa shape index (κ1) is 83.7. The SMILES string of the molecule is CCCCCCC/C=C\C/C=C\C/C=C\CCCCCCCCCCCCCCCCCCCCCCC(=O)NC(COC1OC(CO)C(OC2OC(CO)C(OC3OC(CO)C(O)C(O)C3O)C(O)C2O)C(O)C1O)C(O)/C=C/CC/C=C/CCCCCCCC. The Morgan fingerprint density at radius 2 is 0.728 bits per heavy atom. The first-order valence-electron chi connectivity index (χ1n) is 36.5. The fourth-order valence-corrected chi connectivity index (χ4v) is 12.1. The number of rotatable bonds is 56. The van der Waals surface area contributed by atoms with Gasteiger partial charge in [-0.15, -0.1) is 0 Å². The molecule has 3 fully saturated rings. The first-order valence-corrected chi connectivity index (χ1v) is 36.5. The number of carbonyl (C=O) groups is 1. The smallest absolute Gasteiger partial charge is 0.220 e. The summed E-state index contributed by atoms with van der Waals surface area (Å²) in [6.45, 7) is 1.68. The summed E-state index contributed by atoms with van der Waals surface area (Å²) in [5, 5.41) is 120. The van der Waals surface area contributed by atoms with Crippen molar-refractivity contribution in [2.75, 3.05) is 26.4 Å². The highest BCUT2D eigenvalue weighted by Gasteiger charge is 2.53. The van der Waals surface area contributed by atoms with E-state index in [1.807, 2.05) is 6.08 Å². The lowest BCUT2D eigenvalue weighted by Crippen LogP contribution is -2.66. The minimum atomic E-state index is -1.98. The van der Waals surface area contributed by atoms with Crippen molar-refractivity contribution in [3.8, 4) is 0 Å². The van der Waals surface area contributed by atoms with Gasteiger partial charge in [0.15, 0.2) is 18.9 Å². The summed E-state index contributed by atoms with van der Waals surface area (Å²) in [6.07, 6.45) is 40.9. The molecule has 0 radical (unpaired) electrons. The number of carbonyl (C=O) groups excluding carboxylic acids is 1. The number of aliphatic hydroxyl groups excluding tert-OH is 11. The Balaban J connectivity index is 1.33. The number of aliphatic hydroxyl groups is 11. The quantitative estimate of drug-likeness (QED) is 0.0199. The number of hydrogen-bond donors (Lipinski definition) is 12. The van der Waals surface area contributed by atoms with Crippen LogP contribution in [0, 0.1) is 0 Å². The summed E-state index contributed by atoms with van der Waals surface area (Å²) in [5.74, 6) is -0.285. The number of hydrogen-bond acceptors (Lipinski definition) is 18. The van der Waals surface area contributed by atoms with Crippen molar-refractivity contribution in [3.63, 3.8) is 0 Å². The van der Waals surface area contributed by atoms with Gasteiger partial charge in [0.2, 0.25) is 5.91 Å². The van der Waals surface area contributed by atoms with E-state index in [1.54, 1.807) is 6.08 Å². The van der Waals surface area contributed by atoms with Gasteiger partial charge in [-0.25, -0.2) is 0 Å². The Morgan fingerprint density at radius 3 is 1.16 bits per heavy atom. The van der Waals surface area contributed by atoms with Crippen molar-refractivity contribution in [2.45, 2.75) is 369 Å². The van der Waals surface area contributed by atoms with Crippen LogP contribution >= 0.6 is 0 Å². The Hall–Kier alpha value is -2.51. The molecule has 0 bridgehead atoms. The molecule has 19 nitrogen and oxygen atoms in total. The van der Waals surface area contributed by atoms with Crippen LogP contribution < -0.4 is 5.32 Å². The normalized spacial score (nSPS) is 28.0. The maximum absolute atomic E-state index is 13.4. The maximum atomic E-state index is 13.4. The molecule has 3 aliphatic heterocycles. The van der Waals surface area contributed by atoms with Crippen LogP contribution in [0.15, 0.2) is 60.8 Å². The summed E-state index contributed by atoms with van der Waals surface area (Å²) in [6, 6.07) is -0.989. The van der Waals surface area contributed by atoms with E-state index in [2.05, 4.69) is 67.8 Å². The number of nitrogens with one attached hydrogen (secondary N) is 1. The van der Waals surface area contributed by atoms with Gasteiger partial charge in [0.1, 0.15) is 73.2 Å². The van der Waals surface area contributed by atoms with Crippen LogP contribution in [0.3, 0.4) is 0 Å².